The predicted octanol–water partition coefficient (Wildman–Crippen LogP) is 6.57. The number of hydrogen-bond donors (Lipinski definition) is 2. The van der Waals surface area contributed by atoms with E-state index in [0.717, 1.165) is 18.4 Å². The maximum Gasteiger partial charge on any atom is 0.198 e. The number of phenols is 1. The molecule has 0 amide bonds. The van der Waals surface area contributed by atoms with Gasteiger partial charge >= 0.3 is 0 Å². The van der Waals surface area contributed by atoms with Crippen molar-refractivity contribution in [1.82, 2.24) is 0 Å². The molecular formula is C28H29NO4. The Morgan fingerprint density at radius 1 is 0.848 bits per heavy atom. The number of ether oxygens (including phenoxy) is 1. The SMILES string of the molecule is CCC(C)c1ccc(Oc2cc(O)c3c(c2N)C(=O)c2ccccc2C3=O)c(C(C)CC)c1. The molecule has 1 aliphatic carbocycles. The van der Waals surface area contributed by atoms with E-state index in [4.69, 9.17) is 10.5 Å². The third kappa shape index (κ3) is 3.78. The van der Waals surface area contributed by atoms with Crippen molar-refractivity contribution < 1.29 is 19.4 Å². The first kappa shape index (κ1) is 22.6. The number of rotatable bonds is 6. The quantitative estimate of drug-likeness (QED) is 0.260. The van der Waals surface area contributed by atoms with Crippen molar-refractivity contribution in [3.8, 4) is 17.2 Å². The van der Waals surface area contributed by atoms with Crippen molar-refractivity contribution in [3.05, 3.63) is 81.9 Å². The van der Waals surface area contributed by atoms with Gasteiger partial charge in [-0.15, -0.1) is 0 Å². The molecule has 3 N–H and O–H groups in total. The number of hydrogen-bond acceptors (Lipinski definition) is 5. The first-order valence-electron chi connectivity index (χ1n) is 11.4. The fourth-order valence-electron chi connectivity index (χ4n) is 4.28. The Hall–Kier alpha value is -3.60. The van der Waals surface area contributed by atoms with Gasteiger partial charge in [-0.1, -0.05) is 64.1 Å². The topological polar surface area (TPSA) is 89.6 Å². The number of aromatic hydroxyl groups is 1. The van der Waals surface area contributed by atoms with Crippen LogP contribution in [0.1, 0.15) is 95.3 Å². The van der Waals surface area contributed by atoms with Crippen molar-refractivity contribution in [2.24, 2.45) is 0 Å². The second-order valence-corrected chi connectivity index (χ2v) is 8.78. The Morgan fingerprint density at radius 2 is 1.45 bits per heavy atom. The van der Waals surface area contributed by atoms with Gasteiger partial charge in [0.25, 0.3) is 0 Å². The zero-order valence-electron chi connectivity index (χ0n) is 19.4. The maximum atomic E-state index is 13.2. The molecule has 0 heterocycles. The summed E-state index contributed by atoms with van der Waals surface area (Å²) < 4.78 is 6.20. The summed E-state index contributed by atoms with van der Waals surface area (Å²) >= 11 is 0. The lowest BCUT2D eigenvalue weighted by Crippen LogP contribution is -2.22. The number of phenolic OH excluding ortho intramolecular Hbond substituents is 1. The smallest absolute Gasteiger partial charge is 0.198 e. The van der Waals surface area contributed by atoms with Crippen LogP contribution in [-0.4, -0.2) is 16.7 Å². The summed E-state index contributed by atoms with van der Waals surface area (Å²) in [6, 6.07) is 14.0. The number of nitrogen functional groups attached to an aromatic ring is 1. The van der Waals surface area contributed by atoms with E-state index >= 15 is 0 Å². The number of carbonyl (C=O) groups excluding carboxylic acids is 2. The number of fused-ring (bicyclic) bond motifs is 2. The van der Waals surface area contributed by atoms with Crippen LogP contribution in [0.4, 0.5) is 5.69 Å². The molecule has 4 rings (SSSR count). The van der Waals surface area contributed by atoms with E-state index in [9.17, 15) is 14.7 Å². The van der Waals surface area contributed by atoms with Crippen LogP contribution >= 0.6 is 0 Å². The summed E-state index contributed by atoms with van der Waals surface area (Å²) in [5, 5.41) is 10.7. The predicted molar refractivity (Wildman–Crippen MR) is 130 cm³/mol. The van der Waals surface area contributed by atoms with Crippen LogP contribution in [-0.2, 0) is 0 Å². The molecule has 0 saturated carbocycles. The molecule has 2 unspecified atom stereocenters. The van der Waals surface area contributed by atoms with Gasteiger partial charge in [0.1, 0.15) is 11.5 Å². The van der Waals surface area contributed by atoms with Crippen LogP contribution in [0.15, 0.2) is 48.5 Å². The molecule has 33 heavy (non-hydrogen) atoms. The van der Waals surface area contributed by atoms with Crippen LogP contribution < -0.4 is 10.5 Å². The molecule has 3 aromatic rings. The van der Waals surface area contributed by atoms with Gasteiger partial charge in [-0.05, 0) is 41.9 Å². The van der Waals surface area contributed by atoms with Crippen molar-refractivity contribution in [2.75, 3.05) is 5.73 Å². The second kappa shape index (κ2) is 8.74. The number of ketones is 2. The van der Waals surface area contributed by atoms with Gasteiger partial charge in [0.15, 0.2) is 17.3 Å². The summed E-state index contributed by atoms with van der Waals surface area (Å²) in [6.07, 6.45) is 1.96. The summed E-state index contributed by atoms with van der Waals surface area (Å²) in [5.41, 5.74) is 9.17. The van der Waals surface area contributed by atoms with Crippen molar-refractivity contribution >= 4 is 17.3 Å². The summed E-state index contributed by atoms with van der Waals surface area (Å²) in [6.45, 7) is 8.60. The number of anilines is 1. The van der Waals surface area contributed by atoms with Gasteiger partial charge in [-0.2, -0.15) is 0 Å². The maximum absolute atomic E-state index is 13.2. The zero-order valence-corrected chi connectivity index (χ0v) is 19.4. The second-order valence-electron chi connectivity index (χ2n) is 8.78. The molecule has 170 valence electrons. The fraction of sp³-hybridized carbons (Fsp3) is 0.286. The third-order valence-electron chi connectivity index (χ3n) is 6.76. The van der Waals surface area contributed by atoms with Crippen molar-refractivity contribution in [2.45, 2.75) is 52.4 Å². The standard InChI is InChI=1S/C28H29NO4/c1-5-15(3)17-11-12-22(20(13-17)16(4)6-2)33-23-14-21(30)24-25(26(23)29)28(32)19-10-8-7-9-18(19)27(24)31/h7-16,30H,5-6,29H2,1-4H3. The first-order valence-corrected chi connectivity index (χ1v) is 11.4. The molecule has 3 aromatic carbocycles. The molecule has 5 nitrogen and oxygen atoms in total. The van der Waals surface area contributed by atoms with Crippen LogP contribution in [0.5, 0.6) is 17.2 Å². The molecule has 0 spiro atoms. The molecular weight excluding hydrogens is 414 g/mol. The average Bonchev–Trinajstić information content (AvgIpc) is 2.83. The highest BCUT2D eigenvalue weighted by Gasteiger charge is 2.35. The number of carbonyl (C=O) groups is 2. The summed E-state index contributed by atoms with van der Waals surface area (Å²) in [4.78, 5) is 26.2. The first-order chi connectivity index (χ1) is 15.8. The van der Waals surface area contributed by atoms with Crippen LogP contribution in [0, 0.1) is 0 Å². The highest BCUT2D eigenvalue weighted by atomic mass is 16.5. The Morgan fingerprint density at radius 3 is 2.06 bits per heavy atom. The molecule has 0 saturated heterocycles. The Bertz CT molecular complexity index is 1260. The van der Waals surface area contributed by atoms with Crippen molar-refractivity contribution in [1.29, 1.82) is 0 Å². The summed E-state index contributed by atoms with van der Waals surface area (Å²) in [7, 11) is 0. The van der Waals surface area contributed by atoms with E-state index in [1.807, 2.05) is 12.1 Å². The van der Waals surface area contributed by atoms with E-state index in [2.05, 4.69) is 33.8 Å². The van der Waals surface area contributed by atoms with Crippen LogP contribution in [0.3, 0.4) is 0 Å². The van der Waals surface area contributed by atoms with E-state index in [1.54, 1.807) is 24.3 Å². The van der Waals surface area contributed by atoms with Crippen LogP contribution in [0.2, 0.25) is 0 Å². The monoisotopic (exact) mass is 443 g/mol. The molecule has 0 radical (unpaired) electrons. The number of nitrogens with two attached hydrogens (primary N) is 1. The minimum Gasteiger partial charge on any atom is -0.507 e. The lowest BCUT2D eigenvalue weighted by atomic mass is 9.82. The minimum atomic E-state index is -0.422. The van der Waals surface area contributed by atoms with Crippen molar-refractivity contribution in [3.63, 3.8) is 0 Å². The largest absolute Gasteiger partial charge is 0.507 e. The highest BCUT2D eigenvalue weighted by molar-refractivity contribution is 6.31. The lowest BCUT2D eigenvalue weighted by molar-refractivity contribution is 0.0977. The molecule has 0 bridgehead atoms. The van der Waals surface area contributed by atoms with Gasteiger partial charge in [0, 0.05) is 17.2 Å². The van der Waals surface area contributed by atoms with Gasteiger partial charge < -0.3 is 15.6 Å². The van der Waals surface area contributed by atoms with Gasteiger partial charge in [-0.25, -0.2) is 0 Å². The van der Waals surface area contributed by atoms with E-state index in [-0.39, 0.29) is 45.4 Å². The average molecular weight is 444 g/mol. The molecule has 5 heteroatoms. The zero-order chi connectivity index (χ0) is 23.9. The van der Waals surface area contributed by atoms with Gasteiger partial charge in [-0.3, -0.25) is 9.59 Å². The normalized spacial score (nSPS) is 14.4. The van der Waals surface area contributed by atoms with E-state index < -0.39 is 11.6 Å². The third-order valence-corrected chi connectivity index (χ3v) is 6.76. The molecule has 0 aliphatic heterocycles. The lowest BCUT2D eigenvalue weighted by Gasteiger charge is -2.23. The summed E-state index contributed by atoms with van der Waals surface area (Å²) in [5.74, 6) is 0.310. The van der Waals surface area contributed by atoms with E-state index in [1.165, 1.54) is 11.6 Å². The van der Waals surface area contributed by atoms with Gasteiger partial charge in [0.2, 0.25) is 0 Å². The Balaban J connectivity index is 1.82. The van der Waals surface area contributed by atoms with Crippen LogP contribution in [0.25, 0.3) is 0 Å². The molecule has 2 atom stereocenters. The Labute approximate surface area is 194 Å². The van der Waals surface area contributed by atoms with E-state index in [0.29, 0.717) is 11.7 Å². The fourth-order valence-corrected chi connectivity index (χ4v) is 4.28. The highest BCUT2D eigenvalue weighted by Crippen LogP contribution is 2.44. The number of benzene rings is 3. The molecule has 0 fully saturated rings. The molecule has 1 aliphatic rings. The van der Waals surface area contributed by atoms with Gasteiger partial charge in [0.05, 0.1) is 16.8 Å². The Kier molecular flexibility index (Phi) is 5.98. The molecule has 0 aromatic heterocycles. The minimum absolute atomic E-state index is 0.00462.